The van der Waals surface area contributed by atoms with Gasteiger partial charge in [-0.3, -0.25) is 4.79 Å². The lowest BCUT2D eigenvalue weighted by Gasteiger charge is -2.15. The van der Waals surface area contributed by atoms with E-state index in [0.29, 0.717) is 11.0 Å². The van der Waals surface area contributed by atoms with E-state index in [0.717, 1.165) is 27.9 Å². The zero-order valence-corrected chi connectivity index (χ0v) is 16.7. The molecule has 0 saturated carbocycles. The third-order valence-corrected chi connectivity index (χ3v) is 5.41. The minimum Gasteiger partial charge on any atom is -0.335 e. The van der Waals surface area contributed by atoms with Gasteiger partial charge < -0.3 is 11.2 Å². The molecule has 0 spiro atoms. The molecule has 3 N–H and O–H groups in total. The van der Waals surface area contributed by atoms with Gasteiger partial charge in [0, 0.05) is 11.3 Å². The molecule has 1 amide bonds. The summed E-state index contributed by atoms with van der Waals surface area (Å²) in [6.45, 7) is 7.80. The van der Waals surface area contributed by atoms with Gasteiger partial charge in [-0.05, 0) is 38.8 Å². The second-order valence-electron chi connectivity index (χ2n) is 6.56. The van der Waals surface area contributed by atoms with Crippen molar-refractivity contribution < 1.29 is 4.79 Å². The first-order valence-electron chi connectivity index (χ1n) is 8.68. The van der Waals surface area contributed by atoms with Crippen molar-refractivity contribution in [2.75, 3.05) is 11.2 Å². The van der Waals surface area contributed by atoms with Crippen LogP contribution in [0.25, 0.3) is 11.4 Å². The van der Waals surface area contributed by atoms with Crippen LogP contribution in [0.3, 0.4) is 0 Å². The van der Waals surface area contributed by atoms with Crippen LogP contribution >= 0.6 is 11.8 Å². The van der Waals surface area contributed by atoms with Crippen LogP contribution in [0.5, 0.6) is 0 Å². The molecule has 1 aromatic heterocycles. The van der Waals surface area contributed by atoms with Crippen LogP contribution in [0.1, 0.15) is 23.6 Å². The van der Waals surface area contributed by atoms with Crippen molar-refractivity contribution in [3.8, 4) is 11.4 Å². The number of anilines is 1. The largest absolute Gasteiger partial charge is 0.335 e. The lowest BCUT2D eigenvalue weighted by atomic mass is 10.1. The number of nitrogen functional groups attached to an aromatic ring is 1. The Hall–Kier alpha value is -2.80. The molecule has 0 saturated heterocycles. The van der Waals surface area contributed by atoms with Crippen molar-refractivity contribution in [1.82, 2.24) is 14.9 Å². The highest BCUT2D eigenvalue weighted by Crippen LogP contribution is 2.27. The number of hydrogen-bond donors (Lipinski definition) is 2. The zero-order valence-electron chi connectivity index (χ0n) is 15.9. The Morgan fingerprint density at radius 1 is 1.07 bits per heavy atom. The molecule has 1 heterocycles. The molecule has 0 aliphatic rings. The number of rotatable bonds is 5. The first-order valence-corrected chi connectivity index (χ1v) is 9.56. The van der Waals surface area contributed by atoms with Gasteiger partial charge in [-0.25, -0.2) is 4.68 Å². The van der Waals surface area contributed by atoms with Crippen LogP contribution in [0.4, 0.5) is 5.69 Å². The Kier molecular flexibility index (Phi) is 5.51. The quantitative estimate of drug-likeness (QED) is 0.520. The molecular weight excluding hydrogens is 358 g/mol. The van der Waals surface area contributed by atoms with Crippen LogP contribution in [0.2, 0.25) is 0 Å². The van der Waals surface area contributed by atoms with E-state index in [1.54, 1.807) is 0 Å². The number of benzene rings is 2. The molecular formula is C20H23N5OS. The molecule has 0 radical (unpaired) electrons. The maximum Gasteiger partial charge on any atom is 0.237 e. The van der Waals surface area contributed by atoms with Crippen LogP contribution in [0, 0.1) is 20.8 Å². The smallest absolute Gasteiger partial charge is 0.237 e. The summed E-state index contributed by atoms with van der Waals surface area (Å²) in [5.74, 6) is 6.63. The topological polar surface area (TPSA) is 85.8 Å². The van der Waals surface area contributed by atoms with Gasteiger partial charge in [0.1, 0.15) is 0 Å². The monoisotopic (exact) mass is 381 g/mol. The van der Waals surface area contributed by atoms with Gasteiger partial charge in [-0.15, -0.1) is 10.2 Å². The number of para-hydroxylation sites is 1. The molecule has 2 aromatic carbocycles. The van der Waals surface area contributed by atoms with Crippen LogP contribution < -0.4 is 11.2 Å². The minimum atomic E-state index is -0.374. The Morgan fingerprint density at radius 3 is 2.33 bits per heavy atom. The molecule has 0 aliphatic carbocycles. The summed E-state index contributed by atoms with van der Waals surface area (Å²) in [4.78, 5) is 12.6. The fraction of sp³-hybridized carbons (Fsp3) is 0.250. The molecule has 140 valence electrons. The minimum absolute atomic E-state index is 0.0997. The van der Waals surface area contributed by atoms with Crippen molar-refractivity contribution in [3.63, 3.8) is 0 Å². The first-order chi connectivity index (χ1) is 12.9. The average Bonchev–Trinajstić information content (AvgIpc) is 2.99. The average molecular weight is 382 g/mol. The van der Waals surface area contributed by atoms with Gasteiger partial charge in [-0.2, -0.15) is 0 Å². The molecule has 3 aromatic rings. The SMILES string of the molecule is Cc1ccc(-c2nnc(SC(C)C(=O)Nc3c(C)cccc3C)n2N)cc1. The van der Waals surface area contributed by atoms with Gasteiger partial charge in [-0.1, -0.05) is 59.8 Å². The molecule has 27 heavy (non-hydrogen) atoms. The third kappa shape index (κ3) is 4.14. The number of nitrogens with zero attached hydrogens (tertiary/aromatic N) is 3. The number of nitrogens with one attached hydrogen (secondary N) is 1. The van der Waals surface area contributed by atoms with Crippen LogP contribution in [-0.4, -0.2) is 26.0 Å². The van der Waals surface area contributed by atoms with Crippen LogP contribution in [-0.2, 0) is 4.79 Å². The van der Waals surface area contributed by atoms with Crippen molar-refractivity contribution in [2.45, 2.75) is 38.1 Å². The van der Waals surface area contributed by atoms with Gasteiger partial charge >= 0.3 is 0 Å². The molecule has 3 rings (SSSR count). The summed E-state index contributed by atoms with van der Waals surface area (Å²) in [5.41, 5.74) is 4.96. The molecule has 6 nitrogen and oxygen atoms in total. The van der Waals surface area contributed by atoms with E-state index in [1.807, 2.05) is 70.2 Å². The summed E-state index contributed by atoms with van der Waals surface area (Å²) in [6.07, 6.45) is 0. The molecule has 7 heteroatoms. The van der Waals surface area contributed by atoms with Crippen molar-refractivity contribution in [2.24, 2.45) is 0 Å². The number of thioether (sulfide) groups is 1. The number of carbonyl (C=O) groups is 1. The summed E-state index contributed by atoms with van der Waals surface area (Å²) < 4.78 is 1.43. The van der Waals surface area contributed by atoms with Gasteiger partial charge in [0.2, 0.25) is 11.1 Å². The predicted molar refractivity (Wildman–Crippen MR) is 110 cm³/mol. The fourth-order valence-electron chi connectivity index (χ4n) is 2.70. The van der Waals surface area contributed by atoms with Gasteiger partial charge in [0.25, 0.3) is 0 Å². The van der Waals surface area contributed by atoms with Crippen LogP contribution in [0.15, 0.2) is 47.6 Å². The maximum absolute atomic E-state index is 12.6. The van der Waals surface area contributed by atoms with E-state index < -0.39 is 0 Å². The fourth-order valence-corrected chi connectivity index (χ4v) is 3.48. The first kappa shape index (κ1) is 19.0. The lowest BCUT2D eigenvalue weighted by Crippen LogP contribution is -2.24. The Morgan fingerprint density at radius 2 is 1.70 bits per heavy atom. The summed E-state index contributed by atoms with van der Waals surface area (Å²) >= 11 is 1.28. The highest BCUT2D eigenvalue weighted by molar-refractivity contribution is 8.00. The van der Waals surface area contributed by atoms with Gasteiger partial charge in [0.05, 0.1) is 5.25 Å². The number of aryl methyl sites for hydroxylation is 3. The summed E-state index contributed by atoms with van der Waals surface area (Å²) in [6, 6.07) is 13.8. The van der Waals surface area contributed by atoms with E-state index in [4.69, 9.17) is 5.84 Å². The van der Waals surface area contributed by atoms with E-state index >= 15 is 0 Å². The Balaban J connectivity index is 1.73. The maximum atomic E-state index is 12.6. The number of nitrogens with two attached hydrogens (primary N) is 1. The molecule has 0 aliphatic heterocycles. The second-order valence-corrected chi connectivity index (χ2v) is 7.87. The lowest BCUT2D eigenvalue weighted by molar-refractivity contribution is -0.115. The van der Waals surface area contributed by atoms with Crippen molar-refractivity contribution in [3.05, 3.63) is 59.2 Å². The third-order valence-electron chi connectivity index (χ3n) is 4.36. The van der Waals surface area contributed by atoms with E-state index in [9.17, 15) is 4.79 Å². The normalized spacial score (nSPS) is 12.0. The number of hydrogen-bond acceptors (Lipinski definition) is 5. The highest BCUT2D eigenvalue weighted by Gasteiger charge is 2.21. The predicted octanol–water partition coefficient (Wildman–Crippen LogP) is 3.70. The second kappa shape index (κ2) is 7.84. The number of carbonyl (C=O) groups excluding carboxylic acids is 1. The Labute approximate surface area is 163 Å². The molecule has 1 atom stereocenters. The number of aromatic nitrogens is 3. The van der Waals surface area contributed by atoms with E-state index in [-0.39, 0.29) is 11.2 Å². The highest BCUT2D eigenvalue weighted by atomic mass is 32.2. The van der Waals surface area contributed by atoms with Crippen molar-refractivity contribution >= 4 is 23.4 Å². The summed E-state index contributed by atoms with van der Waals surface area (Å²) in [5, 5.41) is 11.5. The molecule has 1 unspecified atom stereocenters. The molecule has 0 fully saturated rings. The van der Waals surface area contributed by atoms with E-state index in [1.165, 1.54) is 16.4 Å². The molecule has 0 bridgehead atoms. The van der Waals surface area contributed by atoms with Gasteiger partial charge in [0.15, 0.2) is 5.82 Å². The Bertz CT molecular complexity index is 945. The standard InChI is InChI=1S/C20H23N5OS/c1-12-8-10-16(11-9-12)18-23-24-20(25(18)21)27-15(4)19(26)22-17-13(2)6-5-7-14(17)3/h5-11,15H,21H2,1-4H3,(H,22,26). The van der Waals surface area contributed by atoms with E-state index in [2.05, 4.69) is 15.5 Å². The summed E-state index contributed by atoms with van der Waals surface area (Å²) in [7, 11) is 0. The zero-order chi connectivity index (χ0) is 19.6. The number of amides is 1. The van der Waals surface area contributed by atoms with Crippen molar-refractivity contribution in [1.29, 1.82) is 0 Å².